The van der Waals surface area contributed by atoms with E-state index >= 15 is 0 Å². The van der Waals surface area contributed by atoms with Crippen LogP contribution in [0.1, 0.15) is 23.5 Å². The van der Waals surface area contributed by atoms with E-state index in [1.165, 1.54) is 5.56 Å². The van der Waals surface area contributed by atoms with Crippen LogP contribution in [0.5, 0.6) is 0 Å². The van der Waals surface area contributed by atoms with Gasteiger partial charge < -0.3 is 15.2 Å². The van der Waals surface area contributed by atoms with Gasteiger partial charge in [-0.25, -0.2) is 0 Å². The lowest BCUT2D eigenvalue weighted by Crippen LogP contribution is -2.58. The van der Waals surface area contributed by atoms with Crippen LogP contribution in [0.3, 0.4) is 0 Å². The van der Waals surface area contributed by atoms with Gasteiger partial charge in [-0.05, 0) is 11.1 Å². The van der Waals surface area contributed by atoms with Crippen molar-refractivity contribution in [3.8, 4) is 6.07 Å². The summed E-state index contributed by atoms with van der Waals surface area (Å²) in [6.45, 7) is 2.47. The number of ether oxygens (including phenoxy) is 2. The molecule has 144 valence electrons. The van der Waals surface area contributed by atoms with Crippen molar-refractivity contribution in [2.45, 2.75) is 24.7 Å². The van der Waals surface area contributed by atoms with Gasteiger partial charge in [-0.1, -0.05) is 60.7 Å². The predicted molar refractivity (Wildman–Crippen MR) is 107 cm³/mol. The lowest BCUT2D eigenvalue weighted by molar-refractivity contribution is -0.266. The lowest BCUT2D eigenvalue weighted by atomic mass is 9.72. The number of allylic oxidation sites excluding steroid dienone is 1. The van der Waals surface area contributed by atoms with Crippen LogP contribution in [0.25, 0.3) is 0 Å². The zero-order chi connectivity index (χ0) is 19.6. The van der Waals surface area contributed by atoms with E-state index in [2.05, 4.69) is 47.4 Å². The Morgan fingerprint density at radius 3 is 2.50 bits per heavy atom. The minimum absolute atomic E-state index is 0.0284. The van der Waals surface area contributed by atoms with Crippen molar-refractivity contribution in [3.63, 3.8) is 0 Å². The van der Waals surface area contributed by atoms with Crippen LogP contribution < -0.4 is 5.73 Å². The Labute approximate surface area is 166 Å². The smallest absolute Gasteiger partial charge is 0.218 e. The van der Waals surface area contributed by atoms with Gasteiger partial charge in [0.1, 0.15) is 6.07 Å². The van der Waals surface area contributed by atoms with Gasteiger partial charge in [0, 0.05) is 45.0 Å². The van der Waals surface area contributed by atoms with Gasteiger partial charge in [0.15, 0.2) is 0 Å². The second kappa shape index (κ2) is 7.67. The van der Waals surface area contributed by atoms with E-state index in [0.29, 0.717) is 12.0 Å². The number of benzene rings is 2. The zero-order valence-electron chi connectivity index (χ0n) is 16.0. The highest BCUT2D eigenvalue weighted by Crippen LogP contribution is 2.49. The third-order valence-electron chi connectivity index (χ3n) is 5.93. The maximum atomic E-state index is 9.82. The number of nitriles is 1. The maximum absolute atomic E-state index is 9.82. The monoisotopic (exact) mass is 375 g/mol. The molecule has 5 nitrogen and oxygen atoms in total. The summed E-state index contributed by atoms with van der Waals surface area (Å²) in [6.07, 6.45) is 0.698. The van der Waals surface area contributed by atoms with E-state index in [-0.39, 0.29) is 17.7 Å². The van der Waals surface area contributed by atoms with Gasteiger partial charge in [-0.3, -0.25) is 4.90 Å². The second-order valence-corrected chi connectivity index (χ2v) is 7.47. The second-order valence-electron chi connectivity index (χ2n) is 7.47. The average molecular weight is 375 g/mol. The molecule has 4 rings (SSSR count). The number of methoxy groups -OCH3 is 1. The molecular formula is C23H25N3O2. The number of hydrogen-bond donors (Lipinski definition) is 1. The standard InChI is InChI=1S/C23H25N3O2/c1-27-23-12-13-26(15-17-8-4-2-5-9-17)16-20(23)21(18-10-6-3-7-11-18)19(14-24)22(25)28-23/h2-11,20-21H,12-13,15-16,25H2,1H3/t20-,21+,23+/m0/s1. The maximum Gasteiger partial charge on any atom is 0.218 e. The average Bonchev–Trinajstić information content (AvgIpc) is 2.74. The van der Waals surface area contributed by atoms with Crippen molar-refractivity contribution < 1.29 is 9.47 Å². The molecule has 0 spiro atoms. The van der Waals surface area contributed by atoms with Crippen LogP contribution >= 0.6 is 0 Å². The number of likely N-dealkylation sites (tertiary alicyclic amines) is 1. The fourth-order valence-corrected chi connectivity index (χ4v) is 4.55. The number of hydrogen-bond acceptors (Lipinski definition) is 5. The van der Waals surface area contributed by atoms with Crippen LogP contribution in [-0.4, -0.2) is 30.9 Å². The highest BCUT2D eigenvalue weighted by atomic mass is 16.7. The van der Waals surface area contributed by atoms with Crippen LogP contribution in [-0.2, 0) is 16.0 Å². The van der Waals surface area contributed by atoms with Crippen molar-refractivity contribution in [3.05, 3.63) is 83.2 Å². The summed E-state index contributed by atoms with van der Waals surface area (Å²) < 4.78 is 12.0. The molecule has 2 aliphatic rings. The first kappa shape index (κ1) is 18.5. The Hall–Kier alpha value is -2.81. The van der Waals surface area contributed by atoms with Crippen molar-refractivity contribution in [1.29, 1.82) is 5.26 Å². The minimum Gasteiger partial charge on any atom is -0.446 e. The Morgan fingerprint density at radius 1 is 1.18 bits per heavy atom. The van der Waals surface area contributed by atoms with Gasteiger partial charge >= 0.3 is 0 Å². The molecule has 0 aliphatic carbocycles. The molecular weight excluding hydrogens is 350 g/mol. The molecule has 2 aromatic carbocycles. The Kier molecular flexibility index (Phi) is 5.08. The molecule has 1 saturated heterocycles. The predicted octanol–water partition coefficient (Wildman–Crippen LogP) is 3.36. The SMILES string of the molecule is CO[C@@]12CCN(Cc3ccccc3)C[C@H]1[C@H](c1ccccc1)C(C#N)=C(N)O2. The molecule has 3 atom stereocenters. The summed E-state index contributed by atoms with van der Waals surface area (Å²) in [5, 5.41) is 9.82. The molecule has 0 bridgehead atoms. The molecule has 0 saturated carbocycles. The van der Waals surface area contributed by atoms with E-state index in [0.717, 1.165) is 25.2 Å². The van der Waals surface area contributed by atoms with Crippen molar-refractivity contribution in [2.24, 2.45) is 11.7 Å². The Morgan fingerprint density at radius 2 is 1.86 bits per heavy atom. The highest BCUT2D eigenvalue weighted by Gasteiger charge is 2.54. The first-order valence-corrected chi connectivity index (χ1v) is 9.62. The van der Waals surface area contributed by atoms with Gasteiger partial charge in [0.25, 0.3) is 0 Å². The third kappa shape index (κ3) is 3.26. The zero-order valence-corrected chi connectivity index (χ0v) is 16.0. The number of rotatable bonds is 4. The number of nitrogens with two attached hydrogens (primary N) is 1. The largest absolute Gasteiger partial charge is 0.446 e. The fourth-order valence-electron chi connectivity index (χ4n) is 4.55. The van der Waals surface area contributed by atoms with E-state index < -0.39 is 5.79 Å². The molecule has 2 N–H and O–H groups in total. The normalized spacial score (nSPS) is 27.6. The summed E-state index contributed by atoms with van der Waals surface area (Å²) >= 11 is 0. The fraction of sp³-hybridized carbons (Fsp3) is 0.348. The Bertz CT molecular complexity index is 891. The van der Waals surface area contributed by atoms with Crippen molar-refractivity contribution in [1.82, 2.24) is 4.90 Å². The summed E-state index contributed by atoms with van der Waals surface area (Å²) in [7, 11) is 1.67. The van der Waals surface area contributed by atoms with Crippen LogP contribution in [0.2, 0.25) is 0 Å². The summed E-state index contributed by atoms with van der Waals surface area (Å²) in [6, 6.07) is 22.8. The summed E-state index contributed by atoms with van der Waals surface area (Å²) in [4.78, 5) is 2.41. The molecule has 2 aromatic rings. The quantitative estimate of drug-likeness (QED) is 0.887. The van der Waals surface area contributed by atoms with Crippen LogP contribution in [0, 0.1) is 17.2 Å². The van der Waals surface area contributed by atoms with Gasteiger partial charge in [-0.15, -0.1) is 0 Å². The first-order chi connectivity index (χ1) is 13.7. The molecule has 0 radical (unpaired) electrons. The molecule has 0 amide bonds. The van der Waals surface area contributed by atoms with Crippen molar-refractivity contribution >= 4 is 0 Å². The molecule has 2 aliphatic heterocycles. The number of nitrogens with zero attached hydrogens (tertiary/aromatic N) is 2. The molecule has 2 heterocycles. The highest BCUT2D eigenvalue weighted by molar-refractivity contribution is 5.41. The minimum atomic E-state index is -0.807. The topological polar surface area (TPSA) is 71.5 Å². The third-order valence-corrected chi connectivity index (χ3v) is 5.93. The molecule has 1 fully saturated rings. The van der Waals surface area contributed by atoms with Crippen LogP contribution in [0.4, 0.5) is 0 Å². The van der Waals surface area contributed by atoms with Crippen LogP contribution in [0.15, 0.2) is 72.1 Å². The Balaban J connectivity index is 1.71. The summed E-state index contributed by atoms with van der Waals surface area (Å²) in [5.74, 6) is -0.804. The molecule has 5 heteroatoms. The number of fused-ring (bicyclic) bond motifs is 1. The first-order valence-electron chi connectivity index (χ1n) is 9.62. The lowest BCUT2D eigenvalue weighted by Gasteiger charge is -2.51. The molecule has 28 heavy (non-hydrogen) atoms. The van der Waals surface area contributed by atoms with Crippen molar-refractivity contribution in [2.75, 3.05) is 20.2 Å². The van der Waals surface area contributed by atoms with E-state index in [9.17, 15) is 5.26 Å². The number of piperidine rings is 1. The summed E-state index contributed by atoms with van der Waals surface area (Å²) in [5.41, 5.74) is 9.02. The van der Waals surface area contributed by atoms with E-state index in [1.54, 1.807) is 7.11 Å². The van der Waals surface area contributed by atoms with Gasteiger partial charge in [0.2, 0.25) is 11.7 Å². The van der Waals surface area contributed by atoms with E-state index in [4.69, 9.17) is 15.2 Å². The van der Waals surface area contributed by atoms with E-state index in [1.807, 2.05) is 24.3 Å². The molecule has 0 unspecified atom stereocenters. The van der Waals surface area contributed by atoms with Gasteiger partial charge in [0.05, 0.1) is 5.57 Å². The van der Waals surface area contributed by atoms with Gasteiger partial charge in [-0.2, -0.15) is 5.26 Å². The molecule has 0 aromatic heterocycles.